The van der Waals surface area contributed by atoms with Crippen LogP contribution in [0.2, 0.25) is 0 Å². The summed E-state index contributed by atoms with van der Waals surface area (Å²) in [5.41, 5.74) is 2.26. The molecule has 0 spiro atoms. The van der Waals surface area contributed by atoms with Crippen LogP contribution in [-0.2, 0) is 11.2 Å². The molecule has 2 saturated carbocycles. The van der Waals surface area contributed by atoms with Crippen molar-refractivity contribution in [1.29, 1.82) is 0 Å². The van der Waals surface area contributed by atoms with Crippen LogP contribution < -0.4 is 10.1 Å². The molecule has 0 heterocycles. The molecule has 2 aromatic rings. The Labute approximate surface area is 218 Å². The predicted octanol–water partition coefficient (Wildman–Crippen LogP) is 5.09. The molecule has 0 aliphatic heterocycles. The highest BCUT2D eigenvalue weighted by Gasteiger charge is 2.58. The Morgan fingerprint density at radius 1 is 1.19 bits per heavy atom. The van der Waals surface area contributed by atoms with Crippen LogP contribution in [-0.4, -0.2) is 53.9 Å². The van der Waals surface area contributed by atoms with Gasteiger partial charge in [0.15, 0.2) is 0 Å². The van der Waals surface area contributed by atoms with Crippen molar-refractivity contribution in [1.82, 2.24) is 4.90 Å². The topological polar surface area (TPSA) is 82.0 Å². The highest BCUT2D eigenvalue weighted by Crippen LogP contribution is 2.61. The Bertz CT molecular complexity index is 1150. The van der Waals surface area contributed by atoms with Crippen molar-refractivity contribution >= 4 is 11.6 Å². The van der Waals surface area contributed by atoms with Crippen molar-refractivity contribution in [3.05, 3.63) is 53.3 Å². The maximum atomic E-state index is 15.0. The third-order valence-electron chi connectivity index (χ3n) is 9.12. The van der Waals surface area contributed by atoms with Gasteiger partial charge in [0.05, 0.1) is 11.8 Å². The number of amides is 1. The van der Waals surface area contributed by atoms with E-state index in [0.717, 1.165) is 37.8 Å². The average molecular weight is 511 g/mol. The number of phenolic OH excluding ortho intramolecular Hbond substituents is 1. The van der Waals surface area contributed by atoms with Gasteiger partial charge in [-0.2, -0.15) is 0 Å². The SMILES string of the molecule is CN(C)CCCC(=O)Nc1ccc(O[C@H]2C[C@]3(C)[C@@H](O)CC[C@H]3[C@@H]3CCc4cc(O)ccc4[C@H]32)cc1F. The lowest BCUT2D eigenvalue weighted by atomic mass is 9.54. The maximum absolute atomic E-state index is 15.0. The molecule has 37 heavy (non-hydrogen) atoms. The van der Waals surface area contributed by atoms with E-state index in [-0.39, 0.29) is 40.9 Å². The lowest BCUT2D eigenvalue weighted by Crippen LogP contribution is -2.51. The van der Waals surface area contributed by atoms with Crippen LogP contribution in [0.4, 0.5) is 10.1 Å². The van der Waals surface area contributed by atoms with Gasteiger partial charge in [0.25, 0.3) is 0 Å². The van der Waals surface area contributed by atoms with Gasteiger partial charge in [-0.15, -0.1) is 0 Å². The van der Waals surface area contributed by atoms with E-state index in [4.69, 9.17) is 4.74 Å². The van der Waals surface area contributed by atoms with Crippen molar-refractivity contribution in [3.63, 3.8) is 0 Å². The second-order valence-electron chi connectivity index (χ2n) is 11.8. The van der Waals surface area contributed by atoms with Crippen LogP contribution in [0.5, 0.6) is 11.5 Å². The number of benzene rings is 2. The minimum atomic E-state index is -0.523. The van der Waals surface area contributed by atoms with Gasteiger partial charge in [0.1, 0.15) is 23.4 Å². The molecule has 5 rings (SSSR count). The molecule has 2 fully saturated rings. The second-order valence-corrected chi connectivity index (χ2v) is 11.8. The Balaban J connectivity index is 1.37. The summed E-state index contributed by atoms with van der Waals surface area (Å²) in [6.07, 6.45) is 4.83. The number of hydrogen-bond donors (Lipinski definition) is 3. The van der Waals surface area contributed by atoms with Crippen molar-refractivity contribution in [2.24, 2.45) is 17.3 Å². The van der Waals surface area contributed by atoms with Crippen molar-refractivity contribution in [2.45, 2.75) is 70.0 Å². The molecule has 3 N–H and O–H groups in total. The van der Waals surface area contributed by atoms with Crippen molar-refractivity contribution < 1.29 is 24.1 Å². The predicted molar refractivity (Wildman–Crippen MR) is 141 cm³/mol. The summed E-state index contributed by atoms with van der Waals surface area (Å²) >= 11 is 0. The summed E-state index contributed by atoms with van der Waals surface area (Å²) in [6, 6.07) is 10.2. The summed E-state index contributed by atoms with van der Waals surface area (Å²) in [4.78, 5) is 14.3. The number of nitrogens with one attached hydrogen (secondary N) is 1. The van der Waals surface area contributed by atoms with Gasteiger partial charge >= 0.3 is 0 Å². The molecule has 1 amide bonds. The zero-order chi connectivity index (χ0) is 26.3. The van der Waals surface area contributed by atoms with Crippen molar-refractivity contribution in [3.8, 4) is 11.5 Å². The number of hydrogen-bond acceptors (Lipinski definition) is 5. The molecule has 0 unspecified atom stereocenters. The van der Waals surface area contributed by atoms with Crippen LogP contribution in [0.3, 0.4) is 0 Å². The van der Waals surface area contributed by atoms with Crippen LogP contribution in [0.15, 0.2) is 36.4 Å². The summed E-state index contributed by atoms with van der Waals surface area (Å²) in [5, 5.41) is 23.7. The number of aryl methyl sites for hydroxylation is 1. The summed E-state index contributed by atoms with van der Waals surface area (Å²) < 4.78 is 21.5. The third kappa shape index (κ3) is 5.08. The number of carbonyl (C=O) groups excluding carboxylic acids is 1. The van der Waals surface area contributed by atoms with Crippen LogP contribution in [0.25, 0.3) is 0 Å². The van der Waals surface area contributed by atoms with E-state index in [2.05, 4.69) is 12.2 Å². The highest BCUT2D eigenvalue weighted by atomic mass is 19.1. The molecule has 7 heteroatoms. The number of anilines is 1. The monoisotopic (exact) mass is 510 g/mol. The Morgan fingerprint density at radius 2 is 2.00 bits per heavy atom. The van der Waals surface area contributed by atoms with E-state index < -0.39 is 5.82 Å². The minimum Gasteiger partial charge on any atom is -0.508 e. The van der Waals surface area contributed by atoms with Gasteiger partial charge in [0.2, 0.25) is 5.91 Å². The number of ether oxygens (including phenoxy) is 1. The molecule has 0 aromatic heterocycles. The van der Waals surface area contributed by atoms with E-state index in [9.17, 15) is 15.0 Å². The molecule has 0 bridgehead atoms. The average Bonchev–Trinajstić information content (AvgIpc) is 3.14. The minimum absolute atomic E-state index is 0.117. The summed E-state index contributed by atoms with van der Waals surface area (Å²) in [5.74, 6) is 0.859. The molecule has 0 radical (unpaired) electrons. The second kappa shape index (κ2) is 10.3. The number of aliphatic hydroxyl groups is 1. The number of halogens is 1. The van der Waals surface area contributed by atoms with E-state index >= 15 is 4.39 Å². The quantitative estimate of drug-likeness (QED) is 0.484. The highest BCUT2D eigenvalue weighted by molar-refractivity contribution is 5.90. The first-order valence-corrected chi connectivity index (χ1v) is 13.6. The molecule has 3 aliphatic carbocycles. The Hall–Kier alpha value is -2.64. The zero-order valence-electron chi connectivity index (χ0n) is 22.0. The zero-order valence-corrected chi connectivity index (χ0v) is 22.0. The number of nitrogens with zero attached hydrogens (tertiary/aromatic N) is 1. The number of fused-ring (bicyclic) bond motifs is 5. The fourth-order valence-corrected chi connectivity index (χ4v) is 7.32. The molecular formula is C30H39FN2O4. The van der Waals surface area contributed by atoms with E-state index in [1.807, 2.05) is 31.1 Å². The van der Waals surface area contributed by atoms with Crippen LogP contribution in [0, 0.1) is 23.1 Å². The molecule has 2 aromatic carbocycles. The van der Waals surface area contributed by atoms with E-state index in [1.165, 1.54) is 11.6 Å². The summed E-state index contributed by atoms with van der Waals surface area (Å²) in [7, 11) is 3.91. The van der Waals surface area contributed by atoms with Gasteiger partial charge in [-0.05, 0) is 106 Å². The lowest BCUT2D eigenvalue weighted by molar-refractivity contribution is -0.116. The first-order valence-electron chi connectivity index (χ1n) is 13.6. The third-order valence-corrected chi connectivity index (χ3v) is 9.12. The Kier molecular flexibility index (Phi) is 7.20. The fourth-order valence-electron chi connectivity index (χ4n) is 7.32. The first kappa shape index (κ1) is 26.0. The maximum Gasteiger partial charge on any atom is 0.224 e. The van der Waals surface area contributed by atoms with Gasteiger partial charge in [0, 0.05) is 23.8 Å². The molecule has 6 nitrogen and oxygen atoms in total. The number of aromatic hydroxyl groups is 1. The molecular weight excluding hydrogens is 471 g/mol. The van der Waals surface area contributed by atoms with Crippen molar-refractivity contribution in [2.75, 3.05) is 26.0 Å². The van der Waals surface area contributed by atoms with E-state index in [0.29, 0.717) is 36.8 Å². The van der Waals surface area contributed by atoms with Crippen LogP contribution >= 0.6 is 0 Å². The van der Waals surface area contributed by atoms with Gasteiger partial charge in [-0.1, -0.05) is 13.0 Å². The van der Waals surface area contributed by atoms with Gasteiger partial charge in [-0.25, -0.2) is 4.39 Å². The fraction of sp³-hybridized carbons (Fsp3) is 0.567. The smallest absolute Gasteiger partial charge is 0.224 e. The number of phenols is 1. The Morgan fingerprint density at radius 3 is 2.76 bits per heavy atom. The molecule has 6 atom stereocenters. The largest absolute Gasteiger partial charge is 0.508 e. The first-order chi connectivity index (χ1) is 17.7. The number of carbonyl (C=O) groups is 1. The number of rotatable bonds is 7. The molecule has 3 aliphatic rings. The molecule has 200 valence electrons. The van der Waals surface area contributed by atoms with Crippen LogP contribution in [0.1, 0.15) is 62.5 Å². The van der Waals surface area contributed by atoms with Gasteiger partial charge in [-0.3, -0.25) is 4.79 Å². The van der Waals surface area contributed by atoms with E-state index in [1.54, 1.807) is 18.2 Å². The normalized spacial score (nSPS) is 30.4. The standard InChI is InChI=1S/C30H39FN2O4/c1-30-17-26(37-20-8-12-25(24(31)16-20)32-28(36)5-4-14-33(2)3)29-21-10-7-19(34)15-18(21)6-9-22(29)23(30)11-13-27(30)35/h7-8,10,12,15-16,22-23,26-27,29,34-35H,4-6,9,11,13-14,17H2,1-3H3,(H,32,36)/t22-,23-,26-,27-,29+,30-/m0/s1. The summed E-state index contributed by atoms with van der Waals surface area (Å²) in [6.45, 7) is 2.98. The lowest BCUT2D eigenvalue weighted by Gasteiger charge is -2.53. The van der Waals surface area contributed by atoms with Gasteiger partial charge < -0.3 is 25.2 Å². The number of aliphatic hydroxyl groups excluding tert-OH is 1. The molecule has 0 saturated heterocycles.